The fourth-order valence-electron chi connectivity index (χ4n) is 2.23. The summed E-state index contributed by atoms with van der Waals surface area (Å²) in [6, 6.07) is 4.44. The molecule has 18 heavy (non-hydrogen) atoms. The summed E-state index contributed by atoms with van der Waals surface area (Å²) in [4.78, 5) is 0. The largest absolute Gasteiger partial charge is 0.434 e. The van der Waals surface area contributed by atoms with Gasteiger partial charge < -0.3 is 10.5 Å². The molecule has 1 aliphatic rings. The molecule has 0 spiro atoms. The molecule has 1 atom stereocenters. The maximum absolute atomic E-state index is 13.5. The Morgan fingerprint density at radius 3 is 2.44 bits per heavy atom. The van der Waals surface area contributed by atoms with Gasteiger partial charge in [-0.15, -0.1) is 0 Å². The van der Waals surface area contributed by atoms with E-state index in [2.05, 4.69) is 4.74 Å². The minimum atomic E-state index is -3.05. The highest BCUT2D eigenvalue weighted by molar-refractivity contribution is 5.51. The van der Waals surface area contributed by atoms with Crippen molar-refractivity contribution in [1.82, 2.24) is 0 Å². The molecule has 0 aromatic heterocycles. The van der Waals surface area contributed by atoms with Gasteiger partial charge in [0.15, 0.2) is 0 Å². The lowest BCUT2D eigenvalue weighted by molar-refractivity contribution is -0.0516. The van der Waals surface area contributed by atoms with Crippen LogP contribution in [0.15, 0.2) is 18.2 Å². The summed E-state index contributed by atoms with van der Waals surface area (Å²) < 4.78 is 56.0. The number of rotatable bonds is 4. The van der Waals surface area contributed by atoms with Crippen LogP contribution in [0, 0.1) is 6.92 Å². The minimum Gasteiger partial charge on any atom is -0.434 e. The summed E-state index contributed by atoms with van der Waals surface area (Å²) in [6.45, 7) is -1.82. The molecule has 1 aromatic rings. The first kappa shape index (κ1) is 13.1. The molecule has 0 aliphatic heterocycles. The van der Waals surface area contributed by atoms with Crippen LogP contribution in [0.1, 0.15) is 17.5 Å². The maximum atomic E-state index is 13.5. The number of hydrogen-bond donors (Lipinski definition) is 1. The van der Waals surface area contributed by atoms with E-state index in [1.165, 1.54) is 25.1 Å². The summed E-state index contributed by atoms with van der Waals surface area (Å²) in [5.74, 6) is -3.15. The van der Waals surface area contributed by atoms with Crippen molar-refractivity contribution >= 4 is 0 Å². The Bertz CT molecular complexity index is 463. The van der Waals surface area contributed by atoms with E-state index in [0.29, 0.717) is 5.56 Å². The lowest BCUT2D eigenvalue weighted by Crippen LogP contribution is -2.28. The summed E-state index contributed by atoms with van der Waals surface area (Å²) in [5.41, 5.74) is 4.29. The van der Waals surface area contributed by atoms with Gasteiger partial charge in [-0.1, -0.05) is 18.2 Å². The lowest BCUT2D eigenvalue weighted by atomic mass is 9.92. The summed E-state index contributed by atoms with van der Waals surface area (Å²) in [6.07, 6.45) is -0.431. The van der Waals surface area contributed by atoms with Crippen LogP contribution in [0.2, 0.25) is 0 Å². The van der Waals surface area contributed by atoms with Gasteiger partial charge in [0.25, 0.3) is 5.92 Å². The van der Waals surface area contributed by atoms with Gasteiger partial charge in [-0.3, -0.25) is 0 Å². The van der Waals surface area contributed by atoms with Crippen LogP contribution in [0.5, 0.6) is 5.75 Å². The Kier molecular flexibility index (Phi) is 3.01. The highest BCUT2D eigenvalue weighted by atomic mass is 19.3. The van der Waals surface area contributed by atoms with Gasteiger partial charge in [-0.05, 0) is 12.5 Å². The zero-order chi connectivity index (χ0) is 13.6. The van der Waals surface area contributed by atoms with Crippen molar-refractivity contribution < 1.29 is 22.3 Å². The van der Waals surface area contributed by atoms with Crippen LogP contribution in [0.4, 0.5) is 17.6 Å². The molecule has 0 bridgehead atoms. The lowest BCUT2D eigenvalue weighted by Gasteiger charge is -2.20. The zero-order valence-electron chi connectivity index (χ0n) is 9.72. The number of ether oxygens (including phenoxy) is 1. The number of nitrogens with two attached hydrogens (primary N) is 1. The molecular formula is C12H13F4NO. The molecule has 2 N–H and O–H groups in total. The van der Waals surface area contributed by atoms with E-state index < -0.39 is 24.4 Å². The van der Waals surface area contributed by atoms with Crippen molar-refractivity contribution in [2.45, 2.75) is 31.3 Å². The highest BCUT2D eigenvalue weighted by Crippen LogP contribution is 2.62. The van der Waals surface area contributed by atoms with Crippen LogP contribution in [-0.2, 0) is 5.41 Å². The third-order valence-electron chi connectivity index (χ3n) is 3.38. The zero-order valence-corrected chi connectivity index (χ0v) is 9.72. The van der Waals surface area contributed by atoms with E-state index in [1.54, 1.807) is 0 Å². The normalized spacial score (nSPS) is 25.3. The topological polar surface area (TPSA) is 35.2 Å². The quantitative estimate of drug-likeness (QED) is 0.848. The molecule has 0 saturated heterocycles. The van der Waals surface area contributed by atoms with E-state index in [1.807, 2.05) is 0 Å². The molecule has 6 heteroatoms. The first-order chi connectivity index (χ1) is 8.34. The van der Waals surface area contributed by atoms with Gasteiger partial charge in [0, 0.05) is 18.5 Å². The molecule has 0 amide bonds. The molecule has 1 aliphatic carbocycles. The highest BCUT2D eigenvalue weighted by Gasteiger charge is 2.72. The maximum Gasteiger partial charge on any atom is 0.387 e. The molecule has 1 unspecified atom stereocenters. The first-order valence-corrected chi connectivity index (χ1v) is 5.47. The van der Waals surface area contributed by atoms with E-state index >= 15 is 0 Å². The number of para-hydroxylation sites is 1. The monoisotopic (exact) mass is 263 g/mol. The predicted molar refractivity (Wildman–Crippen MR) is 58.1 cm³/mol. The second kappa shape index (κ2) is 4.12. The molecule has 1 saturated carbocycles. The van der Waals surface area contributed by atoms with E-state index in [9.17, 15) is 17.6 Å². The number of halogens is 4. The standard InChI is InChI=1S/C12H13F4NO/c1-7-3-2-4-8(9(7)18-10(13)14)11(6-17)5-12(11,15)16/h2-4,10H,5-6,17H2,1H3. The average Bonchev–Trinajstić information content (AvgIpc) is 2.84. The first-order valence-electron chi connectivity index (χ1n) is 5.47. The van der Waals surface area contributed by atoms with E-state index in [4.69, 9.17) is 5.73 Å². The van der Waals surface area contributed by atoms with Crippen molar-refractivity contribution in [3.63, 3.8) is 0 Å². The molecule has 1 aromatic carbocycles. The van der Waals surface area contributed by atoms with Gasteiger partial charge in [0.1, 0.15) is 5.75 Å². The summed E-state index contributed by atoms with van der Waals surface area (Å²) in [7, 11) is 0. The van der Waals surface area contributed by atoms with Crippen molar-refractivity contribution in [3.8, 4) is 5.75 Å². The average molecular weight is 263 g/mol. The fourth-order valence-corrected chi connectivity index (χ4v) is 2.23. The molecular weight excluding hydrogens is 250 g/mol. The fraction of sp³-hybridized carbons (Fsp3) is 0.500. The van der Waals surface area contributed by atoms with Gasteiger partial charge in [0.05, 0.1) is 5.41 Å². The summed E-state index contributed by atoms with van der Waals surface area (Å²) in [5, 5.41) is 0. The van der Waals surface area contributed by atoms with E-state index in [0.717, 1.165) is 0 Å². The van der Waals surface area contributed by atoms with Crippen molar-refractivity contribution in [2.24, 2.45) is 5.73 Å². The summed E-state index contributed by atoms with van der Waals surface area (Å²) >= 11 is 0. The van der Waals surface area contributed by atoms with Gasteiger partial charge in [0.2, 0.25) is 0 Å². The SMILES string of the molecule is Cc1cccc(C2(CN)CC2(F)F)c1OC(F)F. The van der Waals surface area contributed by atoms with Crippen molar-refractivity contribution in [3.05, 3.63) is 29.3 Å². The second-order valence-electron chi connectivity index (χ2n) is 4.50. The Balaban J connectivity index is 2.48. The molecule has 1 fully saturated rings. The van der Waals surface area contributed by atoms with Crippen LogP contribution >= 0.6 is 0 Å². The van der Waals surface area contributed by atoms with Crippen LogP contribution in [0.3, 0.4) is 0 Å². The van der Waals surface area contributed by atoms with Crippen LogP contribution < -0.4 is 10.5 Å². The number of benzene rings is 1. The number of alkyl halides is 4. The molecule has 0 heterocycles. The Hall–Kier alpha value is -1.30. The predicted octanol–water partition coefficient (Wildman–Crippen LogP) is 2.83. The number of aryl methyl sites for hydroxylation is 1. The molecule has 2 rings (SSSR count). The smallest absolute Gasteiger partial charge is 0.387 e. The number of hydrogen-bond acceptors (Lipinski definition) is 2. The van der Waals surface area contributed by atoms with Crippen LogP contribution in [0.25, 0.3) is 0 Å². The molecule has 2 nitrogen and oxygen atoms in total. The van der Waals surface area contributed by atoms with Crippen LogP contribution in [-0.4, -0.2) is 19.1 Å². The van der Waals surface area contributed by atoms with Gasteiger partial charge >= 0.3 is 6.61 Å². The Labute approximate surface area is 102 Å². The van der Waals surface area contributed by atoms with Crippen molar-refractivity contribution in [2.75, 3.05) is 6.54 Å². The van der Waals surface area contributed by atoms with Gasteiger partial charge in [-0.25, -0.2) is 8.78 Å². The van der Waals surface area contributed by atoms with Gasteiger partial charge in [-0.2, -0.15) is 8.78 Å². The van der Waals surface area contributed by atoms with E-state index in [-0.39, 0.29) is 17.9 Å². The Morgan fingerprint density at radius 1 is 1.39 bits per heavy atom. The molecule has 100 valence electrons. The Morgan fingerprint density at radius 2 is 2.00 bits per heavy atom. The van der Waals surface area contributed by atoms with Crippen molar-refractivity contribution in [1.29, 1.82) is 0 Å². The third-order valence-corrected chi connectivity index (χ3v) is 3.38. The third kappa shape index (κ3) is 1.84. The molecule has 0 radical (unpaired) electrons. The minimum absolute atomic E-state index is 0.0651. The second-order valence-corrected chi connectivity index (χ2v) is 4.50.